The van der Waals surface area contributed by atoms with Crippen LogP contribution in [0.1, 0.15) is 25.0 Å². The second kappa shape index (κ2) is 6.76. The molecule has 0 saturated heterocycles. The first-order chi connectivity index (χ1) is 18.6. The summed E-state index contributed by atoms with van der Waals surface area (Å²) in [5.41, 5.74) is 14.0. The summed E-state index contributed by atoms with van der Waals surface area (Å²) in [6.45, 7) is 4.69. The first-order valence-electron chi connectivity index (χ1n) is 13.2. The quantitative estimate of drug-likeness (QED) is 0.233. The van der Waals surface area contributed by atoms with Crippen LogP contribution in [0, 0.1) is 0 Å². The topological polar surface area (TPSA) is 30.2 Å². The van der Waals surface area contributed by atoms with E-state index in [4.69, 9.17) is 9.97 Å². The maximum absolute atomic E-state index is 5.19. The Bertz CT molecular complexity index is 2250. The van der Waals surface area contributed by atoms with Crippen LogP contribution in [0.3, 0.4) is 0 Å². The number of para-hydroxylation sites is 2. The molecule has 3 heterocycles. The molecule has 0 N–H and O–H groups in total. The summed E-state index contributed by atoms with van der Waals surface area (Å²) in [5.74, 6) is 0. The normalized spacial score (nSPS) is 14.3. The van der Waals surface area contributed by atoms with Crippen LogP contribution in [-0.4, -0.2) is 14.4 Å². The van der Waals surface area contributed by atoms with Crippen LogP contribution in [0.4, 0.5) is 0 Å². The Hall–Kier alpha value is -4.76. The van der Waals surface area contributed by atoms with E-state index in [9.17, 15) is 0 Å². The molecule has 0 aliphatic heterocycles. The van der Waals surface area contributed by atoms with Crippen molar-refractivity contribution in [2.24, 2.45) is 0 Å². The van der Waals surface area contributed by atoms with Crippen LogP contribution in [0.25, 0.3) is 71.6 Å². The van der Waals surface area contributed by atoms with Crippen LogP contribution in [0.5, 0.6) is 0 Å². The van der Waals surface area contributed by atoms with Crippen molar-refractivity contribution in [3.8, 4) is 22.3 Å². The minimum atomic E-state index is -0.0641. The van der Waals surface area contributed by atoms with E-state index >= 15 is 0 Å². The molecule has 3 aromatic heterocycles. The number of fused-ring (bicyclic) bond motifs is 10. The zero-order chi connectivity index (χ0) is 25.2. The first-order valence-corrected chi connectivity index (χ1v) is 13.2. The van der Waals surface area contributed by atoms with Gasteiger partial charge in [0, 0.05) is 21.6 Å². The van der Waals surface area contributed by atoms with Crippen molar-refractivity contribution in [1.29, 1.82) is 0 Å². The van der Waals surface area contributed by atoms with Gasteiger partial charge in [-0.1, -0.05) is 80.6 Å². The van der Waals surface area contributed by atoms with Gasteiger partial charge >= 0.3 is 0 Å². The molecule has 0 amide bonds. The van der Waals surface area contributed by atoms with Gasteiger partial charge in [0.2, 0.25) is 0 Å². The Morgan fingerprint density at radius 1 is 0.579 bits per heavy atom. The zero-order valence-electron chi connectivity index (χ0n) is 21.2. The van der Waals surface area contributed by atoms with Crippen molar-refractivity contribution >= 4 is 49.4 Å². The number of benzene rings is 5. The fraction of sp³-hybridized carbons (Fsp3) is 0.0857. The summed E-state index contributed by atoms with van der Waals surface area (Å²) in [5, 5.41) is 3.68. The average Bonchev–Trinajstić information content (AvgIpc) is 3.53. The highest BCUT2D eigenvalue weighted by atomic mass is 15.0. The van der Waals surface area contributed by atoms with E-state index in [-0.39, 0.29) is 5.41 Å². The molecular formula is C35H23N3. The predicted octanol–water partition coefficient (Wildman–Crippen LogP) is 8.75. The van der Waals surface area contributed by atoms with Gasteiger partial charge in [-0.15, -0.1) is 0 Å². The van der Waals surface area contributed by atoms with Crippen molar-refractivity contribution in [2.75, 3.05) is 0 Å². The predicted molar refractivity (Wildman–Crippen MR) is 157 cm³/mol. The molecule has 1 aliphatic rings. The maximum Gasteiger partial charge on any atom is 0.165 e. The maximum atomic E-state index is 5.19. The molecule has 0 spiro atoms. The van der Waals surface area contributed by atoms with Crippen molar-refractivity contribution in [1.82, 2.24) is 14.4 Å². The van der Waals surface area contributed by atoms with Gasteiger partial charge in [-0.25, -0.2) is 9.97 Å². The first kappa shape index (κ1) is 20.3. The third-order valence-corrected chi connectivity index (χ3v) is 8.69. The molecule has 38 heavy (non-hydrogen) atoms. The van der Waals surface area contributed by atoms with Gasteiger partial charge in [0.05, 0.1) is 22.1 Å². The van der Waals surface area contributed by atoms with Gasteiger partial charge in [0.25, 0.3) is 0 Å². The van der Waals surface area contributed by atoms with E-state index < -0.39 is 0 Å². The van der Waals surface area contributed by atoms with Crippen molar-refractivity contribution in [3.63, 3.8) is 0 Å². The molecule has 0 radical (unpaired) electrons. The van der Waals surface area contributed by atoms with Crippen molar-refractivity contribution < 1.29 is 0 Å². The molecule has 0 saturated carbocycles. The van der Waals surface area contributed by atoms with Crippen LogP contribution < -0.4 is 0 Å². The summed E-state index contributed by atoms with van der Waals surface area (Å²) in [6, 6.07) is 37.2. The molecule has 3 heteroatoms. The number of hydrogen-bond donors (Lipinski definition) is 0. The molecule has 3 nitrogen and oxygen atoms in total. The second-order valence-electron chi connectivity index (χ2n) is 11.1. The molecule has 0 fully saturated rings. The highest BCUT2D eigenvalue weighted by Crippen LogP contribution is 2.51. The third-order valence-electron chi connectivity index (χ3n) is 8.69. The van der Waals surface area contributed by atoms with Crippen molar-refractivity contribution in [2.45, 2.75) is 19.3 Å². The van der Waals surface area contributed by atoms with E-state index in [0.717, 1.165) is 27.6 Å². The third kappa shape index (κ3) is 2.39. The minimum Gasteiger partial charge on any atom is -0.291 e. The van der Waals surface area contributed by atoms with Crippen LogP contribution in [0.2, 0.25) is 0 Å². The summed E-state index contributed by atoms with van der Waals surface area (Å²) in [4.78, 5) is 10.3. The summed E-state index contributed by atoms with van der Waals surface area (Å²) >= 11 is 0. The van der Waals surface area contributed by atoms with Gasteiger partial charge in [-0.05, 0) is 69.8 Å². The molecule has 8 aromatic rings. The van der Waals surface area contributed by atoms with Gasteiger partial charge in [0.1, 0.15) is 5.52 Å². The minimum absolute atomic E-state index is 0.0641. The molecule has 1 aliphatic carbocycles. The van der Waals surface area contributed by atoms with Gasteiger partial charge in [0.15, 0.2) is 5.65 Å². The fourth-order valence-electron chi connectivity index (χ4n) is 6.86. The average molecular weight is 486 g/mol. The lowest BCUT2D eigenvalue weighted by Gasteiger charge is -2.21. The van der Waals surface area contributed by atoms with Crippen LogP contribution >= 0.6 is 0 Å². The van der Waals surface area contributed by atoms with E-state index in [0.29, 0.717) is 0 Å². The molecule has 0 bridgehead atoms. The standard InChI is InChI=1S/C35H23N3/c1-35(2)27-13-7-6-12-22(27)23-18-24-25-16-21(20-10-4-3-5-11-20)17-26-32-34(37-30-15-9-8-14-29(30)36-32)38(33(25)26)31(24)19-28(23)35/h3-19H,1-2H3. The Morgan fingerprint density at radius 2 is 1.29 bits per heavy atom. The van der Waals surface area contributed by atoms with E-state index in [2.05, 4.69) is 109 Å². The van der Waals surface area contributed by atoms with Crippen LogP contribution in [-0.2, 0) is 5.41 Å². The van der Waals surface area contributed by atoms with E-state index in [1.807, 2.05) is 12.1 Å². The lowest BCUT2D eigenvalue weighted by atomic mass is 9.82. The lowest BCUT2D eigenvalue weighted by molar-refractivity contribution is 0.661. The molecule has 178 valence electrons. The highest BCUT2D eigenvalue weighted by molar-refractivity contribution is 6.24. The van der Waals surface area contributed by atoms with Gasteiger partial charge in [-0.2, -0.15) is 0 Å². The molecular weight excluding hydrogens is 462 g/mol. The fourth-order valence-corrected chi connectivity index (χ4v) is 6.86. The molecule has 0 atom stereocenters. The van der Waals surface area contributed by atoms with E-state index in [1.54, 1.807) is 0 Å². The summed E-state index contributed by atoms with van der Waals surface area (Å²) < 4.78 is 2.36. The molecule has 5 aromatic carbocycles. The Kier molecular flexibility index (Phi) is 3.61. The summed E-state index contributed by atoms with van der Waals surface area (Å²) in [6.07, 6.45) is 0. The Morgan fingerprint density at radius 3 is 2.13 bits per heavy atom. The summed E-state index contributed by atoms with van der Waals surface area (Å²) in [7, 11) is 0. The van der Waals surface area contributed by atoms with Crippen molar-refractivity contribution in [3.05, 3.63) is 114 Å². The monoisotopic (exact) mass is 485 g/mol. The highest BCUT2D eigenvalue weighted by Gasteiger charge is 2.36. The van der Waals surface area contributed by atoms with E-state index in [1.165, 1.54) is 55.2 Å². The van der Waals surface area contributed by atoms with Gasteiger partial charge < -0.3 is 0 Å². The number of hydrogen-bond acceptors (Lipinski definition) is 2. The Labute approximate surface area is 219 Å². The lowest BCUT2D eigenvalue weighted by Crippen LogP contribution is -2.14. The largest absolute Gasteiger partial charge is 0.291 e. The number of aromatic nitrogens is 3. The van der Waals surface area contributed by atoms with Gasteiger partial charge in [-0.3, -0.25) is 4.40 Å². The SMILES string of the molecule is CC1(C)c2ccccc2-c2cc3c4cc(-c5ccccc5)cc5c6nc7ccccc7nc6n(c3cc21)c45. The smallest absolute Gasteiger partial charge is 0.165 e. The Balaban J connectivity index is 1.51. The van der Waals surface area contributed by atoms with Crippen LogP contribution in [0.15, 0.2) is 103 Å². The molecule has 9 rings (SSSR count). The number of rotatable bonds is 1. The molecule has 0 unspecified atom stereocenters. The zero-order valence-corrected chi connectivity index (χ0v) is 21.2. The number of nitrogens with zero attached hydrogens (tertiary/aromatic N) is 3. The second-order valence-corrected chi connectivity index (χ2v) is 11.1.